The van der Waals surface area contributed by atoms with Crippen molar-refractivity contribution in [3.8, 4) is 11.8 Å². The maximum Gasteiger partial charge on any atom is 0.230 e. The summed E-state index contributed by atoms with van der Waals surface area (Å²) in [7, 11) is 2.07. The van der Waals surface area contributed by atoms with Crippen LogP contribution in [0.15, 0.2) is 0 Å². The summed E-state index contributed by atoms with van der Waals surface area (Å²) in [6, 6.07) is 0.288. The van der Waals surface area contributed by atoms with Crippen LogP contribution in [0.4, 0.5) is 0 Å². The summed E-state index contributed by atoms with van der Waals surface area (Å²) < 4.78 is 0. The third-order valence-electron chi connectivity index (χ3n) is 3.43. The quantitative estimate of drug-likeness (QED) is 0.493. The predicted molar refractivity (Wildman–Crippen MR) is 64.0 cm³/mol. The van der Waals surface area contributed by atoms with Crippen LogP contribution < -0.4 is 0 Å². The Morgan fingerprint density at radius 2 is 1.94 bits per heavy atom. The van der Waals surface area contributed by atoms with Crippen LogP contribution in [0.25, 0.3) is 0 Å². The number of amides is 2. The molecule has 2 heterocycles. The zero-order valence-electron chi connectivity index (χ0n) is 10.2. The van der Waals surface area contributed by atoms with Crippen molar-refractivity contribution in [1.82, 2.24) is 9.80 Å². The highest BCUT2D eigenvalue weighted by Gasteiger charge is 2.27. The highest BCUT2D eigenvalue weighted by Crippen LogP contribution is 2.14. The fourth-order valence-corrected chi connectivity index (χ4v) is 2.30. The minimum atomic E-state index is -0.0821. The molecule has 0 spiro atoms. The molecule has 4 heteroatoms. The number of hydrogen-bond acceptors (Lipinski definition) is 3. The second kappa shape index (κ2) is 5.33. The van der Waals surface area contributed by atoms with E-state index in [1.54, 1.807) is 0 Å². The smallest absolute Gasteiger partial charge is 0.230 e. The molecule has 2 aliphatic heterocycles. The highest BCUT2D eigenvalue weighted by atomic mass is 16.2. The Balaban J connectivity index is 1.89. The van der Waals surface area contributed by atoms with Crippen molar-refractivity contribution >= 4 is 11.8 Å². The van der Waals surface area contributed by atoms with E-state index < -0.39 is 0 Å². The fraction of sp³-hybridized carbons (Fsp3) is 0.692. The molecule has 4 nitrogen and oxygen atoms in total. The lowest BCUT2D eigenvalue weighted by atomic mass is 10.0. The molecule has 92 valence electrons. The Morgan fingerprint density at radius 1 is 1.24 bits per heavy atom. The van der Waals surface area contributed by atoms with Crippen molar-refractivity contribution < 1.29 is 9.59 Å². The number of hydrogen-bond donors (Lipinski definition) is 0. The van der Waals surface area contributed by atoms with Crippen LogP contribution in [0.2, 0.25) is 0 Å². The molecule has 0 bridgehead atoms. The van der Waals surface area contributed by atoms with Gasteiger partial charge in [0.1, 0.15) is 0 Å². The second-order valence-corrected chi connectivity index (χ2v) is 4.69. The molecule has 0 aromatic carbocycles. The summed E-state index contributed by atoms with van der Waals surface area (Å²) in [6.45, 7) is 1.35. The van der Waals surface area contributed by atoms with E-state index in [9.17, 15) is 9.59 Å². The number of nitrogens with zero attached hydrogens (tertiary/aromatic N) is 2. The second-order valence-electron chi connectivity index (χ2n) is 4.69. The van der Waals surface area contributed by atoms with Gasteiger partial charge in [-0.25, -0.2) is 0 Å². The van der Waals surface area contributed by atoms with E-state index in [0.717, 1.165) is 13.0 Å². The minimum Gasteiger partial charge on any atom is -0.293 e. The molecule has 0 aromatic rings. The van der Waals surface area contributed by atoms with E-state index in [1.165, 1.54) is 17.7 Å². The number of likely N-dealkylation sites (tertiary alicyclic amines) is 2. The normalized spacial score (nSPS) is 25.9. The number of rotatable bonds is 1. The van der Waals surface area contributed by atoms with Gasteiger partial charge in [-0.2, -0.15) is 0 Å². The summed E-state index contributed by atoms with van der Waals surface area (Å²) in [5.74, 6) is 5.99. The third kappa shape index (κ3) is 2.86. The number of carbonyl (C=O) groups excluding carboxylic acids is 2. The highest BCUT2D eigenvalue weighted by molar-refractivity contribution is 6.02. The minimum absolute atomic E-state index is 0.0821. The van der Waals surface area contributed by atoms with Crippen LogP contribution in [0.1, 0.15) is 32.1 Å². The molecule has 2 amide bonds. The average molecular weight is 234 g/mol. The van der Waals surface area contributed by atoms with Crippen molar-refractivity contribution in [1.29, 1.82) is 0 Å². The standard InChI is InChI=1S/C13H18N2O2/c1-14-9-3-2-5-11(14)6-4-10-15-12(16)7-8-13(15)17/h11H,2-3,5,7-10H2,1H3/t11-/m0/s1. The van der Waals surface area contributed by atoms with Crippen LogP contribution in [0, 0.1) is 11.8 Å². The average Bonchev–Trinajstić information content (AvgIpc) is 2.63. The maximum atomic E-state index is 11.4. The lowest BCUT2D eigenvalue weighted by Crippen LogP contribution is -2.35. The Labute approximate surface area is 102 Å². The predicted octanol–water partition coefficient (Wildman–Crippen LogP) is 0.623. The topological polar surface area (TPSA) is 40.6 Å². The van der Waals surface area contributed by atoms with Gasteiger partial charge in [0.2, 0.25) is 11.8 Å². The van der Waals surface area contributed by atoms with E-state index in [-0.39, 0.29) is 24.4 Å². The van der Waals surface area contributed by atoms with E-state index in [0.29, 0.717) is 12.8 Å². The van der Waals surface area contributed by atoms with Crippen LogP contribution in [-0.4, -0.2) is 47.8 Å². The van der Waals surface area contributed by atoms with Gasteiger partial charge in [0.15, 0.2) is 0 Å². The molecule has 0 aromatic heterocycles. The molecular weight excluding hydrogens is 216 g/mol. The fourth-order valence-electron chi connectivity index (χ4n) is 2.30. The lowest BCUT2D eigenvalue weighted by molar-refractivity contribution is -0.137. The summed E-state index contributed by atoms with van der Waals surface area (Å²) >= 11 is 0. The lowest BCUT2D eigenvalue weighted by Gasteiger charge is -2.28. The van der Waals surface area contributed by atoms with Crippen LogP contribution in [-0.2, 0) is 9.59 Å². The van der Waals surface area contributed by atoms with E-state index >= 15 is 0 Å². The van der Waals surface area contributed by atoms with Gasteiger partial charge in [-0.15, -0.1) is 0 Å². The van der Waals surface area contributed by atoms with Crippen molar-refractivity contribution in [2.75, 3.05) is 20.1 Å². The van der Waals surface area contributed by atoms with Crippen molar-refractivity contribution in [2.24, 2.45) is 0 Å². The summed E-state index contributed by atoms with van der Waals surface area (Å²) in [5.41, 5.74) is 0. The van der Waals surface area contributed by atoms with Gasteiger partial charge >= 0.3 is 0 Å². The number of carbonyl (C=O) groups is 2. The summed E-state index contributed by atoms with van der Waals surface area (Å²) in [4.78, 5) is 26.2. The van der Waals surface area contributed by atoms with Crippen molar-refractivity contribution in [2.45, 2.75) is 38.1 Å². The molecule has 0 N–H and O–H groups in total. The maximum absolute atomic E-state index is 11.4. The Morgan fingerprint density at radius 3 is 2.59 bits per heavy atom. The van der Waals surface area contributed by atoms with E-state index in [4.69, 9.17) is 0 Å². The molecule has 0 saturated carbocycles. The van der Waals surface area contributed by atoms with Gasteiger partial charge in [0.25, 0.3) is 0 Å². The first-order chi connectivity index (χ1) is 8.18. The first-order valence-electron chi connectivity index (χ1n) is 6.20. The van der Waals surface area contributed by atoms with Gasteiger partial charge in [0.05, 0.1) is 12.6 Å². The van der Waals surface area contributed by atoms with Gasteiger partial charge in [-0.1, -0.05) is 11.8 Å². The monoisotopic (exact) mass is 234 g/mol. The zero-order valence-corrected chi connectivity index (χ0v) is 10.2. The van der Waals surface area contributed by atoms with Crippen molar-refractivity contribution in [3.05, 3.63) is 0 Å². The molecule has 2 saturated heterocycles. The van der Waals surface area contributed by atoms with Gasteiger partial charge < -0.3 is 0 Å². The molecule has 0 unspecified atom stereocenters. The molecule has 2 rings (SSSR count). The van der Waals surface area contributed by atoms with Gasteiger partial charge in [-0.05, 0) is 32.9 Å². The Kier molecular flexibility index (Phi) is 3.80. The largest absolute Gasteiger partial charge is 0.293 e. The molecule has 2 fully saturated rings. The molecule has 0 radical (unpaired) electrons. The SMILES string of the molecule is CN1CCCC[C@H]1C#CCN1C(=O)CCC1=O. The first-order valence-corrected chi connectivity index (χ1v) is 6.20. The summed E-state index contributed by atoms with van der Waals surface area (Å²) in [5, 5.41) is 0. The third-order valence-corrected chi connectivity index (χ3v) is 3.43. The van der Waals surface area contributed by atoms with Crippen molar-refractivity contribution in [3.63, 3.8) is 0 Å². The van der Waals surface area contributed by atoms with Crippen LogP contribution in [0.3, 0.4) is 0 Å². The van der Waals surface area contributed by atoms with Gasteiger partial charge in [-0.3, -0.25) is 19.4 Å². The van der Waals surface area contributed by atoms with Crippen LogP contribution >= 0.6 is 0 Å². The molecule has 17 heavy (non-hydrogen) atoms. The zero-order chi connectivity index (χ0) is 12.3. The molecule has 2 aliphatic rings. The first kappa shape index (κ1) is 12.1. The number of imide groups is 1. The molecule has 0 aliphatic carbocycles. The number of piperidine rings is 1. The van der Waals surface area contributed by atoms with Gasteiger partial charge in [0, 0.05) is 12.8 Å². The molecular formula is C13H18N2O2. The molecule has 1 atom stereocenters. The Hall–Kier alpha value is -1.34. The van der Waals surface area contributed by atoms with E-state index in [2.05, 4.69) is 23.8 Å². The Bertz CT molecular complexity index is 365. The summed E-state index contributed by atoms with van der Waals surface area (Å²) in [6.07, 6.45) is 4.24. The van der Waals surface area contributed by atoms with Crippen LogP contribution in [0.5, 0.6) is 0 Å². The van der Waals surface area contributed by atoms with E-state index in [1.807, 2.05) is 0 Å².